The summed E-state index contributed by atoms with van der Waals surface area (Å²) in [4.78, 5) is 39.4. The Kier molecular flexibility index (Phi) is 7.20. The standard InChI is InChI=1S/C20H27BCl2N3O5/c1-11(2)7-17(21-26(12(3)10-30-21)13(4)20(29)31-21)25-18(27)9-24-19(28)15-8-14(22)5-6-16(15)23/h5-6,8,11-13,17H,7,9-10H2,1-4H3,(H,24,28)(H,25,27)/q-1/t12-,13-,17-,21?/m0/s1. The number of hydrogen-bond acceptors (Lipinski definition) is 6. The number of hydrogen-bond donors (Lipinski definition) is 2. The lowest BCUT2D eigenvalue weighted by Crippen LogP contribution is -2.66. The van der Waals surface area contributed by atoms with Crippen LogP contribution in [0.4, 0.5) is 0 Å². The van der Waals surface area contributed by atoms with E-state index in [0.29, 0.717) is 18.1 Å². The molecule has 0 spiro atoms. The molecule has 0 saturated carbocycles. The molecule has 2 aliphatic rings. The lowest BCUT2D eigenvalue weighted by molar-refractivity contribution is -0.136. The second kappa shape index (κ2) is 9.36. The fourth-order valence-corrected chi connectivity index (χ4v) is 4.79. The average molecular weight is 471 g/mol. The predicted molar refractivity (Wildman–Crippen MR) is 119 cm³/mol. The molecule has 2 saturated heterocycles. The molecule has 2 amide bonds. The van der Waals surface area contributed by atoms with Crippen LogP contribution in [0.25, 0.3) is 0 Å². The van der Waals surface area contributed by atoms with Crippen molar-refractivity contribution in [2.24, 2.45) is 5.92 Å². The van der Waals surface area contributed by atoms with Crippen molar-refractivity contribution in [3.05, 3.63) is 33.8 Å². The summed E-state index contributed by atoms with van der Waals surface area (Å²) in [6.07, 6.45) is 0.545. The number of fused-ring (bicyclic) bond motifs is 1. The van der Waals surface area contributed by atoms with Crippen LogP contribution < -0.4 is 10.6 Å². The van der Waals surface area contributed by atoms with Crippen LogP contribution in [0.1, 0.15) is 44.5 Å². The van der Waals surface area contributed by atoms with Gasteiger partial charge in [0.25, 0.3) is 11.9 Å². The highest BCUT2D eigenvalue weighted by atomic mass is 35.5. The van der Waals surface area contributed by atoms with Crippen LogP contribution in [-0.4, -0.2) is 60.5 Å². The Labute approximate surface area is 191 Å². The fourth-order valence-electron chi connectivity index (χ4n) is 4.41. The molecule has 2 N–H and O–H groups in total. The number of amides is 2. The quantitative estimate of drug-likeness (QED) is 0.594. The summed E-state index contributed by atoms with van der Waals surface area (Å²) in [5, 5.41) is 6.07. The zero-order valence-electron chi connectivity index (χ0n) is 18.0. The molecule has 2 heterocycles. The first kappa shape index (κ1) is 23.8. The van der Waals surface area contributed by atoms with E-state index in [2.05, 4.69) is 10.6 Å². The van der Waals surface area contributed by atoms with Gasteiger partial charge in [-0.15, -0.1) is 0 Å². The summed E-state index contributed by atoms with van der Waals surface area (Å²) >= 11 is 12.0. The second-order valence-electron chi connectivity index (χ2n) is 8.58. The maximum atomic E-state index is 12.7. The van der Waals surface area contributed by atoms with Crippen LogP contribution >= 0.6 is 23.2 Å². The van der Waals surface area contributed by atoms with Crippen LogP contribution in [-0.2, 0) is 18.9 Å². The lowest BCUT2D eigenvalue weighted by Gasteiger charge is -2.45. The minimum absolute atomic E-state index is 0.0160. The molecule has 1 aromatic carbocycles. The van der Waals surface area contributed by atoms with Crippen molar-refractivity contribution in [2.45, 2.75) is 52.1 Å². The van der Waals surface area contributed by atoms with Gasteiger partial charge < -0.3 is 24.8 Å². The van der Waals surface area contributed by atoms with E-state index in [0.717, 1.165) is 0 Å². The Morgan fingerprint density at radius 3 is 2.68 bits per heavy atom. The molecular weight excluding hydrogens is 444 g/mol. The third kappa shape index (κ3) is 4.84. The van der Waals surface area contributed by atoms with Crippen molar-refractivity contribution in [3.63, 3.8) is 0 Å². The molecule has 8 nitrogen and oxygen atoms in total. The smallest absolute Gasteiger partial charge is 0.396 e. The molecule has 11 heteroatoms. The molecular formula is C20H27BCl2N3O5-. The van der Waals surface area contributed by atoms with Crippen molar-refractivity contribution < 1.29 is 23.7 Å². The van der Waals surface area contributed by atoms with Crippen LogP contribution in [0, 0.1) is 5.92 Å². The van der Waals surface area contributed by atoms with Gasteiger partial charge in [0, 0.05) is 11.6 Å². The fraction of sp³-hybridized carbons (Fsp3) is 0.550. The molecule has 2 fully saturated rings. The maximum Gasteiger partial charge on any atom is 0.396 e. The molecule has 3 rings (SSSR count). The normalized spacial score (nSPS) is 26.5. The van der Waals surface area contributed by atoms with Gasteiger partial charge >= 0.3 is 6.69 Å². The van der Waals surface area contributed by atoms with Crippen LogP contribution in [0.15, 0.2) is 18.2 Å². The average Bonchev–Trinajstić information content (AvgIpc) is 3.16. The first-order valence-electron chi connectivity index (χ1n) is 10.4. The molecule has 0 bridgehead atoms. The summed E-state index contributed by atoms with van der Waals surface area (Å²) in [6, 6.07) is 4.06. The zero-order chi connectivity index (χ0) is 22.9. The molecule has 4 atom stereocenters. The van der Waals surface area contributed by atoms with E-state index in [1.807, 2.05) is 25.6 Å². The highest BCUT2D eigenvalue weighted by Gasteiger charge is 2.58. The maximum absolute atomic E-state index is 12.7. The predicted octanol–water partition coefficient (Wildman–Crippen LogP) is 2.40. The molecule has 1 unspecified atom stereocenters. The Morgan fingerprint density at radius 2 is 2.00 bits per heavy atom. The van der Waals surface area contributed by atoms with Gasteiger partial charge in [0.1, 0.15) is 0 Å². The van der Waals surface area contributed by atoms with E-state index in [1.165, 1.54) is 12.1 Å². The zero-order valence-corrected chi connectivity index (χ0v) is 19.5. The Hall–Kier alpha value is -1.81. The summed E-state index contributed by atoms with van der Waals surface area (Å²) in [7, 11) is 0. The van der Waals surface area contributed by atoms with E-state index in [4.69, 9.17) is 32.5 Å². The van der Waals surface area contributed by atoms with Gasteiger partial charge in [0.05, 0.1) is 23.2 Å². The monoisotopic (exact) mass is 470 g/mol. The lowest BCUT2D eigenvalue weighted by atomic mass is 9.59. The Balaban J connectivity index is 1.71. The van der Waals surface area contributed by atoms with Crippen molar-refractivity contribution in [1.29, 1.82) is 0 Å². The first-order chi connectivity index (χ1) is 14.5. The molecule has 1 aromatic rings. The largest absolute Gasteiger partial charge is 0.651 e. The van der Waals surface area contributed by atoms with Gasteiger partial charge in [-0.1, -0.05) is 50.4 Å². The number of benzene rings is 1. The third-order valence-corrected chi connectivity index (χ3v) is 6.30. The van der Waals surface area contributed by atoms with Gasteiger partial charge in [-0.25, -0.2) is 0 Å². The first-order valence-corrected chi connectivity index (χ1v) is 11.1. The minimum atomic E-state index is -2.17. The third-order valence-electron chi connectivity index (χ3n) is 5.74. The van der Waals surface area contributed by atoms with Crippen LogP contribution in [0.5, 0.6) is 0 Å². The molecule has 0 aliphatic carbocycles. The van der Waals surface area contributed by atoms with Crippen LogP contribution in [0.3, 0.4) is 0 Å². The Morgan fingerprint density at radius 1 is 1.29 bits per heavy atom. The molecule has 170 valence electrons. The minimum Gasteiger partial charge on any atom is -0.651 e. The van der Waals surface area contributed by atoms with Gasteiger partial charge in [0.2, 0.25) is 5.91 Å². The number of rotatable bonds is 7. The van der Waals surface area contributed by atoms with Gasteiger partial charge in [0.15, 0.2) is 0 Å². The summed E-state index contributed by atoms with van der Waals surface area (Å²) in [5.41, 5.74) is 0.182. The number of carbonyl (C=O) groups is 3. The van der Waals surface area contributed by atoms with Crippen molar-refractivity contribution >= 4 is 47.7 Å². The molecule has 2 aliphatic heterocycles. The van der Waals surface area contributed by atoms with E-state index < -0.39 is 30.5 Å². The summed E-state index contributed by atoms with van der Waals surface area (Å²) in [5.74, 6) is -1.64. The number of nitrogens with one attached hydrogen (secondary N) is 2. The van der Waals surface area contributed by atoms with Gasteiger partial charge in [-0.05, 0) is 43.0 Å². The van der Waals surface area contributed by atoms with Crippen molar-refractivity contribution in [1.82, 2.24) is 15.4 Å². The number of nitrogens with zero attached hydrogens (tertiary/aromatic N) is 1. The summed E-state index contributed by atoms with van der Waals surface area (Å²) in [6.45, 7) is 5.72. The molecule has 31 heavy (non-hydrogen) atoms. The van der Waals surface area contributed by atoms with Gasteiger partial charge in [-0.3, -0.25) is 14.4 Å². The molecule has 0 aromatic heterocycles. The SMILES string of the molecule is CC(C)C[C@H](NC(=O)CNC(=O)c1cc(Cl)ccc1Cl)[B-]12OC[C@H](C)N1[C@@H](C)C(=O)O2. The number of carbonyl (C=O) groups excluding carboxylic acids is 3. The highest BCUT2D eigenvalue weighted by Crippen LogP contribution is 2.37. The van der Waals surface area contributed by atoms with E-state index in [-0.39, 0.29) is 35.1 Å². The highest BCUT2D eigenvalue weighted by molar-refractivity contribution is 6.70. The van der Waals surface area contributed by atoms with Crippen molar-refractivity contribution in [3.8, 4) is 0 Å². The van der Waals surface area contributed by atoms with E-state index >= 15 is 0 Å². The topological polar surface area (TPSA) is 97.0 Å². The Bertz CT molecular complexity index is 886. The summed E-state index contributed by atoms with van der Waals surface area (Å²) < 4.78 is 11.8. The number of halogens is 2. The van der Waals surface area contributed by atoms with E-state index in [1.54, 1.807) is 13.0 Å². The second-order valence-corrected chi connectivity index (χ2v) is 9.42. The van der Waals surface area contributed by atoms with Gasteiger partial charge in [-0.2, -0.15) is 0 Å². The molecule has 0 radical (unpaired) electrons. The van der Waals surface area contributed by atoms with Crippen molar-refractivity contribution in [2.75, 3.05) is 13.2 Å². The van der Waals surface area contributed by atoms with E-state index in [9.17, 15) is 14.4 Å². The van der Waals surface area contributed by atoms with Crippen LogP contribution in [0.2, 0.25) is 10.0 Å².